The molecule has 7 nitrogen and oxygen atoms in total. The van der Waals surface area contributed by atoms with Crippen LogP contribution in [0.5, 0.6) is 0 Å². The number of hydrogen-bond donors (Lipinski definition) is 2. The van der Waals surface area contributed by atoms with E-state index in [1.54, 1.807) is 0 Å². The van der Waals surface area contributed by atoms with E-state index < -0.39 is 17.6 Å². The van der Waals surface area contributed by atoms with E-state index in [-0.39, 0.29) is 17.5 Å². The van der Waals surface area contributed by atoms with Gasteiger partial charge in [-0.1, -0.05) is 0 Å². The SMILES string of the molecule is O=C(Nc1ncn[nH]1)c1coc(-c2ccc(C(F)(F)F)cc2)n1. The quantitative estimate of drug-likeness (QED) is 0.772. The van der Waals surface area contributed by atoms with Crippen molar-refractivity contribution in [2.75, 3.05) is 5.32 Å². The third kappa shape index (κ3) is 3.20. The summed E-state index contributed by atoms with van der Waals surface area (Å²) >= 11 is 0. The molecular formula is C13H8F3N5O2. The van der Waals surface area contributed by atoms with Crippen molar-refractivity contribution in [1.82, 2.24) is 20.2 Å². The number of carbonyl (C=O) groups is 1. The van der Waals surface area contributed by atoms with E-state index in [0.717, 1.165) is 18.4 Å². The first-order chi connectivity index (χ1) is 10.9. The normalized spacial score (nSPS) is 11.4. The van der Waals surface area contributed by atoms with Crippen molar-refractivity contribution in [3.05, 3.63) is 48.1 Å². The molecular weight excluding hydrogens is 315 g/mol. The molecule has 3 aromatic rings. The maximum atomic E-state index is 12.5. The zero-order valence-corrected chi connectivity index (χ0v) is 11.3. The van der Waals surface area contributed by atoms with Crippen LogP contribution in [-0.2, 0) is 6.18 Å². The lowest BCUT2D eigenvalue weighted by Gasteiger charge is -2.05. The Hall–Kier alpha value is -3.17. The summed E-state index contributed by atoms with van der Waals surface area (Å²) in [6, 6.07) is 4.25. The fourth-order valence-corrected chi connectivity index (χ4v) is 1.75. The van der Waals surface area contributed by atoms with Crippen molar-refractivity contribution in [2.45, 2.75) is 6.18 Å². The number of nitrogens with zero attached hydrogens (tertiary/aromatic N) is 3. The Kier molecular flexibility index (Phi) is 3.56. The van der Waals surface area contributed by atoms with Gasteiger partial charge in [-0.05, 0) is 24.3 Å². The maximum absolute atomic E-state index is 12.5. The molecule has 0 saturated carbocycles. The van der Waals surface area contributed by atoms with Crippen LogP contribution in [0.1, 0.15) is 16.1 Å². The predicted molar refractivity (Wildman–Crippen MR) is 71.3 cm³/mol. The zero-order chi connectivity index (χ0) is 16.4. The molecule has 118 valence electrons. The average Bonchev–Trinajstić information content (AvgIpc) is 3.17. The highest BCUT2D eigenvalue weighted by molar-refractivity contribution is 6.01. The number of anilines is 1. The van der Waals surface area contributed by atoms with Gasteiger partial charge in [-0.2, -0.15) is 23.3 Å². The lowest BCUT2D eigenvalue weighted by atomic mass is 10.1. The van der Waals surface area contributed by atoms with Crippen molar-refractivity contribution < 1.29 is 22.4 Å². The first-order valence-electron chi connectivity index (χ1n) is 6.23. The van der Waals surface area contributed by atoms with Crippen LogP contribution in [0.15, 0.2) is 41.3 Å². The van der Waals surface area contributed by atoms with Crippen molar-refractivity contribution in [3.8, 4) is 11.5 Å². The second-order valence-corrected chi connectivity index (χ2v) is 4.40. The van der Waals surface area contributed by atoms with Gasteiger partial charge in [0.1, 0.15) is 12.6 Å². The Balaban J connectivity index is 1.77. The van der Waals surface area contributed by atoms with Crippen molar-refractivity contribution in [3.63, 3.8) is 0 Å². The molecule has 2 N–H and O–H groups in total. The highest BCUT2D eigenvalue weighted by Gasteiger charge is 2.30. The fourth-order valence-electron chi connectivity index (χ4n) is 1.75. The van der Waals surface area contributed by atoms with E-state index in [1.807, 2.05) is 0 Å². The highest BCUT2D eigenvalue weighted by atomic mass is 19.4. The molecule has 10 heteroatoms. The molecule has 1 aromatic carbocycles. The third-order valence-corrected chi connectivity index (χ3v) is 2.84. The molecule has 0 spiro atoms. The Bertz CT molecular complexity index is 809. The lowest BCUT2D eigenvalue weighted by Crippen LogP contribution is -2.13. The fraction of sp³-hybridized carbons (Fsp3) is 0.0769. The number of alkyl halides is 3. The van der Waals surface area contributed by atoms with E-state index in [1.165, 1.54) is 18.5 Å². The second-order valence-electron chi connectivity index (χ2n) is 4.40. The van der Waals surface area contributed by atoms with Gasteiger partial charge in [-0.3, -0.25) is 10.1 Å². The number of amides is 1. The van der Waals surface area contributed by atoms with Crippen molar-refractivity contribution >= 4 is 11.9 Å². The molecule has 2 aromatic heterocycles. The van der Waals surface area contributed by atoms with Gasteiger partial charge in [0.25, 0.3) is 5.91 Å². The smallest absolute Gasteiger partial charge is 0.416 e. The predicted octanol–water partition coefficient (Wildman–Crippen LogP) is 2.73. The number of rotatable bonds is 3. The molecule has 0 fully saturated rings. The molecule has 3 rings (SSSR count). The molecule has 0 aliphatic carbocycles. The highest BCUT2D eigenvalue weighted by Crippen LogP contribution is 2.30. The average molecular weight is 323 g/mol. The van der Waals surface area contributed by atoms with Gasteiger partial charge in [0.05, 0.1) is 5.56 Å². The van der Waals surface area contributed by atoms with Crippen LogP contribution in [0.3, 0.4) is 0 Å². The summed E-state index contributed by atoms with van der Waals surface area (Å²) in [5, 5.41) is 8.39. The minimum absolute atomic E-state index is 0.0291. The summed E-state index contributed by atoms with van der Waals surface area (Å²) in [5.74, 6) is -0.431. The minimum atomic E-state index is -4.42. The molecule has 0 radical (unpaired) electrons. The number of carbonyl (C=O) groups excluding carboxylic acids is 1. The van der Waals surface area contributed by atoms with Gasteiger partial charge < -0.3 is 4.42 Å². The summed E-state index contributed by atoms with van der Waals surface area (Å²) in [4.78, 5) is 19.5. The summed E-state index contributed by atoms with van der Waals surface area (Å²) < 4.78 is 42.6. The van der Waals surface area contributed by atoms with Crippen molar-refractivity contribution in [1.29, 1.82) is 0 Å². The lowest BCUT2D eigenvalue weighted by molar-refractivity contribution is -0.137. The van der Waals surface area contributed by atoms with E-state index >= 15 is 0 Å². The Labute approximate surface area is 126 Å². The van der Waals surface area contributed by atoms with E-state index in [2.05, 4.69) is 25.5 Å². The Morgan fingerprint density at radius 2 is 1.96 bits per heavy atom. The minimum Gasteiger partial charge on any atom is -0.444 e. The molecule has 0 aliphatic heterocycles. The number of benzene rings is 1. The maximum Gasteiger partial charge on any atom is 0.416 e. The molecule has 0 atom stereocenters. The second kappa shape index (κ2) is 5.55. The molecule has 0 aliphatic rings. The topological polar surface area (TPSA) is 96.7 Å². The third-order valence-electron chi connectivity index (χ3n) is 2.84. The summed E-state index contributed by atoms with van der Waals surface area (Å²) in [6.07, 6.45) is -2.11. The molecule has 2 heterocycles. The summed E-state index contributed by atoms with van der Waals surface area (Å²) in [7, 11) is 0. The monoisotopic (exact) mass is 323 g/mol. The number of H-pyrrole nitrogens is 1. The van der Waals surface area contributed by atoms with Crippen LogP contribution < -0.4 is 5.32 Å². The van der Waals surface area contributed by atoms with Crippen LogP contribution in [0.4, 0.5) is 19.1 Å². The van der Waals surface area contributed by atoms with Gasteiger partial charge in [0.2, 0.25) is 11.8 Å². The Morgan fingerprint density at radius 3 is 2.57 bits per heavy atom. The largest absolute Gasteiger partial charge is 0.444 e. The first-order valence-corrected chi connectivity index (χ1v) is 6.23. The van der Waals surface area contributed by atoms with E-state index in [9.17, 15) is 18.0 Å². The number of aromatic nitrogens is 4. The first kappa shape index (κ1) is 14.8. The van der Waals surface area contributed by atoms with Crippen LogP contribution in [0, 0.1) is 0 Å². The molecule has 0 unspecified atom stereocenters. The summed E-state index contributed by atoms with van der Waals surface area (Å²) in [6.45, 7) is 0. The Morgan fingerprint density at radius 1 is 1.22 bits per heavy atom. The number of aromatic amines is 1. The molecule has 0 bridgehead atoms. The van der Waals surface area contributed by atoms with E-state index in [0.29, 0.717) is 5.56 Å². The van der Waals surface area contributed by atoms with Crippen LogP contribution in [-0.4, -0.2) is 26.1 Å². The van der Waals surface area contributed by atoms with Crippen LogP contribution >= 0.6 is 0 Å². The van der Waals surface area contributed by atoms with Crippen LogP contribution in [0.25, 0.3) is 11.5 Å². The van der Waals surface area contributed by atoms with Crippen LogP contribution in [0.2, 0.25) is 0 Å². The van der Waals surface area contributed by atoms with Gasteiger partial charge in [0.15, 0.2) is 5.69 Å². The molecule has 0 saturated heterocycles. The number of hydrogen-bond acceptors (Lipinski definition) is 5. The van der Waals surface area contributed by atoms with Gasteiger partial charge in [-0.15, -0.1) is 0 Å². The zero-order valence-electron chi connectivity index (χ0n) is 11.3. The molecule has 23 heavy (non-hydrogen) atoms. The molecule has 1 amide bonds. The number of nitrogens with one attached hydrogen (secondary N) is 2. The number of oxazole rings is 1. The van der Waals surface area contributed by atoms with Gasteiger partial charge in [0, 0.05) is 5.56 Å². The van der Waals surface area contributed by atoms with Gasteiger partial charge >= 0.3 is 6.18 Å². The number of halogens is 3. The standard InChI is InChI=1S/C13H8F3N5O2/c14-13(15,16)8-3-1-7(2-4-8)11-19-9(5-23-11)10(22)20-12-17-6-18-21-12/h1-6H,(H2,17,18,20,21,22). The van der Waals surface area contributed by atoms with E-state index in [4.69, 9.17) is 4.42 Å². The van der Waals surface area contributed by atoms with Crippen molar-refractivity contribution in [2.24, 2.45) is 0 Å². The van der Waals surface area contributed by atoms with Gasteiger partial charge in [-0.25, -0.2) is 10.1 Å². The summed E-state index contributed by atoms with van der Waals surface area (Å²) in [5.41, 5.74) is -0.510.